The third kappa shape index (κ3) is 3.91. The molecule has 1 atom stereocenters. The van der Waals surface area contributed by atoms with Gasteiger partial charge in [0.2, 0.25) is 0 Å². The lowest BCUT2D eigenvalue weighted by Crippen LogP contribution is -2.36. The summed E-state index contributed by atoms with van der Waals surface area (Å²) in [5.74, 6) is -0.251. The highest BCUT2D eigenvalue weighted by molar-refractivity contribution is 9.10. The molecule has 2 N–H and O–H groups in total. The van der Waals surface area contributed by atoms with Gasteiger partial charge in [0, 0.05) is 26.2 Å². The zero-order valence-electron chi connectivity index (χ0n) is 11.7. The van der Waals surface area contributed by atoms with Gasteiger partial charge in [0.15, 0.2) is 5.82 Å². The maximum absolute atomic E-state index is 14.4. The molecule has 0 fully saturated rings. The summed E-state index contributed by atoms with van der Waals surface area (Å²) in [5.41, 5.74) is 6.95. The number of halogens is 2. The maximum atomic E-state index is 14.4. The van der Waals surface area contributed by atoms with Gasteiger partial charge in [0.25, 0.3) is 0 Å². The molecule has 0 spiro atoms. The Morgan fingerprint density at radius 3 is 2.68 bits per heavy atom. The van der Waals surface area contributed by atoms with Gasteiger partial charge in [-0.15, -0.1) is 0 Å². The molecule has 0 aliphatic carbocycles. The van der Waals surface area contributed by atoms with Gasteiger partial charge in [0.05, 0.1) is 16.8 Å². The van der Waals surface area contributed by atoms with Crippen LogP contribution < -0.4 is 10.6 Å². The Kier molecular flexibility index (Phi) is 6.75. The van der Waals surface area contributed by atoms with Gasteiger partial charge in [-0.2, -0.15) is 0 Å². The topological polar surface area (TPSA) is 38.5 Å². The van der Waals surface area contributed by atoms with Gasteiger partial charge >= 0.3 is 0 Å². The quantitative estimate of drug-likeness (QED) is 0.832. The third-order valence-corrected chi connectivity index (χ3v) is 4.19. The van der Waals surface area contributed by atoms with E-state index in [9.17, 15) is 4.39 Å². The fourth-order valence-corrected chi connectivity index (χ4v) is 2.44. The number of nitrogens with zero attached hydrogens (tertiary/aromatic N) is 1. The van der Waals surface area contributed by atoms with Crippen molar-refractivity contribution in [3.05, 3.63) is 28.0 Å². The van der Waals surface area contributed by atoms with Crippen molar-refractivity contribution >= 4 is 21.6 Å². The van der Waals surface area contributed by atoms with E-state index in [1.807, 2.05) is 11.0 Å². The van der Waals surface area contributed by atoms with E-state index in [4.69, 9.17) is 10.5 Å². The summed E-state index contributed by atoms with van der Waals surface area (Å²) in [7, 11) is 1.65. The van der Waals surface area contributed by atoms with Crippen molar-refractivity contribution in [3.8, 4) is 0 Å². The highest BCUT2D eigenvalue weighted by Gasteiger charge is 2.19. The number of hydrogen-bond acceptors (Lipinski definition) is 3. The van der Waals surface area contributed by atoms with Gasteiger partial charge in [-0.05, 0) is 40.9 Å². The van der Waals surface area contributed by atoms with Crippen molar-refractivity contribution in [1.29, 1.82) is 0 Å². The molecule has 0 aliphatic heterocycles. The van der Waals surface area contributed by atoms with Crippen molar-refractivity contribution < 1.29 is 9.13 Å². The van der Waals surface area contributed by atoms with Crippen molar-refractivity contribution in [3.63, 3.8) is 0 Å². The lowest BCUT2D eigenvalue weighted by atomic mass is 10.1. The normalized spacial score (nSPS) is 12.5. The van der Waals surface area contributed by atoms with E-state index in [2.05, 4.69) is 29.8 Å². The van der Waals surface area contributed by atoms with E-state index in [1.54, 1.807) is 13.2 Å². The second-order valence-electron chi connectivity index (χ2n) is 4.52. The number of nitrogens with two attached hydrogens (primary N) is 1. The first-order valence-electron chi connectivity index (χ1n) is 6.49. The number of anilines is 1. The average Bonchev–Trinajstić information content (AvgIpc) is 2.43. The molecule has 0 bridgehead atoms. The van der Waals surface area contributed by atoms with Crippen molar-refractivity contribution in [1.82, 2.24) is 0 Å². The van der Waals surface area contributed by atoms with E-state index in [0.717, 1.165) is 12.0 Å². The largest absolute Gasteiger partial charge is 0.383 e. The van der Waals surface area contributed by atoms with Crippen molar-refractivity contribution in [2.24, 2.45) is 5.73 Å². The van der Waals surface area contributed by atoms with Crippen LogP contribution in [0.2, 0.25) is 0 Å². The predicted octanol–water partition coefficient (Wildman–Crippen LogP) is 3.30. The number of benzene rings is 1. The first kappa shape index (κ1) is 16.4. The van der Waals surface area contributed by atoms with Crippen LogP contribution in [0.3, 0.4) is 0 Å². The number of methoxy groups -OCH3 is 1. The molecule has 0 heterocycles. The van der Waals surface area contributed by atoms with Crippen LogP contribution in [-0.2, 0) is 11.3 Å². The molecule has 0 aliphatic rings. The summed E-state index contributed by atoms with van der Waals surface area (Å²) in [4.78, 5) is 2.03. The molecule has 1 aromatic carbocycles. The zero-order valence-corrected chi connectivity index (χ0v) is 13.3. The van der Waals surface area contributed by atoms with Gasteiger partial charge < -0.3 is 15.4 Å². The van der Waals surface area contributed by atoms with Crippen LogP contribution in [0.25, 0.3) is 0 Å². The molecule has 0 radical (unpaired) electrons. The first-order chi connectivity index (χ1) is 9.06. The first-order valence-corrected chi connectivity index (χ1v) is 7.28. The van der Waals surface area contributed by atoms with Crippen LogP contribution in [0.1, 0.15) is 25.8 Å². The third-order valence-electron chi connectivity index (χ3n) is 3.33. The van der Waals surface area contributed by atoms with Crippen LogP contribution >= 0.6 is 15.9 Å². The number of rotatable bonds is 7. The minimum atomic E-state index is -0.251. The summed E-state index contributed by atoms with van der Waals surface area (Å²) < 4.78 is 20.0. The summed E-state index contributed by atoms with van der Waals surface area (Å²) in [6.07, 6.45) is 0.944. The maximum Gasteiger partial charge on any atom is 0.160 e. The van der Waals surface area contributed by atoms with E-state index < -0.39 is 0 Å². The van der Waals surface area contributed by atoms with Crippen LogP contribution in [0.5, 0.6) is 0 Å². The van der Waals surface area contributed by atoms with Gasteiger partial charge in [0.1, 0.15) is 0 Å². The second kappa shape index (κ2) is 7.82. The van der Waals surface area contributed by atoms with E-state index in [-0.39, 0.29) is 11.9 Å². The fraction of sp³-hybridized carbons (Fsp3) is 0.571. The second-order valence-corrected chi connectivity index (χ2v) is 5.31. The van der Waals surface area contributed by atoms with Gasteiger partial charge in [-0.1, -0.05) is 13.0 Å². The van der Waals surface area contributed by atoms with Crippen LogP contribution in [-0.4, -0.2) is 26.3 Å². The molecule has 1 rings (SSSR count). The Morgan fingerprint density at radius 2 is 2.16 bits per heavy atom. The Morgan fingerprint density at radius 1 is 1.47 bits per heavy atom. The molecule has 0 saturated heterocycles. The molecular weight excluding hydrogens is 311 g/mol. The fourth-order valence-electron chi connectivity index (χ4n) is 1.95. The average molecular weight is 333 g/mol. The molecule has 0 saturated carbocycles. The van der Waals surface area contributed by atoms with Crippen molar-refractivity contribution in [2.45, 2.75) is 32.9 Å². The lowest BCUT2D eigenvalue weighted by molar-refractivity contribution is 0.203. The Balaban J connectivity index is 3.11. The SMILES string of the molecule is CCC(C)N(CCOC)c1ccc(CN)c(Br)c1F. The summed E-state index contributed by atoms with van der Waals surface area (Å²) in [6.45, 7) is 5.72. The zero-order chi connectivity index (χ0) is 14.4. The van der Waals surface area contributed by atoms with Crippen molar-refractivity contribution in [2.75, 3.05) is 25.2 Å². The van der Waals surface area contributed by atoms with Crippen LogP contribution in [0.4, 0.5) is 10.1 Å². The van der Waals surface area contributed by atoms with Crippen LogP contribution in [0.15, 0.2) is 16.6 Å². The molecule has 5 heteroatoms. The molecule has 108 valence electrons. The highest BCUT2D eigenvalue weighted by atomic mass is 79.9. The number of hydrogen-bond donors (Lipinski definition) is 1. The Bertz CT molecular complexity index is 415. The number of ether oxygens (including phenoxy) is 1. The standard InChI is InChI=1S/C14H22BrFN2O/c1-4-10(2)18(7-8-19-3)12-6-5-11(9-17)13(15)14(12)16/h5-6,10H,4,7-9,17H2,1-3H3. The molecule has 1 aromatic rings. The molecule has 0 amide bonds. The van der Waals surface area contributed by atoms with Gasteiger partial charge in [-0.25, -0.2) is 4.39 Å². The smallest absolute Gasteiger partial charge is 0.160 e. The lowest BCUT2D eigenvalue weighted by Gasteiger charge is -2.31. The summed E-state index contributed by atoms with van der Waals surface area (Å²) in [5, 5.41) is 0. The van der Waals surface area contributed by atoms with Crippen LogP contribution in [0, 0.1) is 5.82 Å². The molecule has 19 heavy (non-hydrogen) atoms. The Hall–Kier alpha value is -0.650. The van der Waals surface area contributed by atoms with E-state index in [1.165, 1.54) is 0 Å². The molecule has 3 nitrogen and oxygen atoms in total. The highest BCUT2D eigenvalue weighted by Crippen LogP contribution is 2.30. The molecule has 1 unspecified atom stereocenters. The minimum Gasteiger partial charge on any atom is -0.383 e. The molecule has 0 aromatic heterocycles. The van der Waals surface area contributed by atoms with E-state index in [0.29, 0.717) is 29.9 Å². The monoisotopic (exact) mass is 332 g/mol. The predicted molar refractivity (Wildman–Crippen MR) is 81.0 cm³/mol. The minimum absolute atomic E-state index is 0.250. The summed E-state index contributed by atoms with van der Waals surface area (Å²) >= 11 is 3.29. The summed E-state index contributed by atoms with van der Waals surface area (Å²) in [6, 6.07) is 3.91. The molecular formula is C14H22BrFN2O. The van der Waals surface area contributed by atoms with E-state index >= 15 is 0 Å². The van der Waals surface area contributed by atoms with Gasteiger partial charge in [-0.3, -0.25) is 0 Å². The Labute approximate surface area is 123 Å².